The molecule has 1 saturated heterocycles. The molecule has 1 heterocycles. The number of aliphatic carboxylic acids is 1. The molecule has 2 aromatic carbocycles. The van der Waals surface area contributed by atoms with Crippen LogP contribution in [-0.4, -0.2) is 39.3 Å². The maximum Gasteiger partial charge on any atom is 0.305 e. The van der Waals surface area contributed by atoms with E-state index in [1.54, 1.807) is 48.5 Å². The molecular weight excluding hydrogens is 450 g/mol. The fourth-order valence-corrected chi connectivity index (χ4v) is 3.47. The van der Waals surface area contributed by atoms with Gasteiger partial charge in [0, 0.05) is 21.6 Å². The Hall–Kier alpha value is -2.64. The van der Waals surface area contributed by atoms with Crippen LogP contribution in [0.5, 0.6) is 0 Å². The summed E-state index contributed by atoms with van der Waals surface area (Å²) in [6.45, 7) is -0.155. The number of aliphatic hydroxyl groups excluding tert-OH is 1. The lowest BCUT2D eigenvalue weighted by Crippen LogP contribution is -2.31. The summed E-state index contributed by atoms with van der Waals surface area (Å²) in [7, 11) is 0. The van der Waals surface area contributed by atoms with Gasteiger partial charge in [-0.1, -0.05) is 39.7 Å². The lowest BCUT2D eigenvalue weighted by atomic mass is 9.95. The fourth-order valence-electron chi connectivity index (χ4n) is 3.08. The molecule has 1 fully saturated rings. The highest BCUT2D eigenvalue weighted by atomic mass is 79.9. The first kappa shape index (κ1) is 20.1. The van der Waals surface area contributed by atoms with E-state index in [-0.39, 0.29) is 24.3 Å². The highest BCUT2D eigenvalue weighted by Crippen LogP contribution is 2.39. The van der Waals surface area contributed by atoms with E-state index in [1.807, 2.05) is 0 Å². The number of rotatable bonds is 5. The van der Waals surface area contributed by atoms with Gasteiger partial charge < -0.3 is 15.1 Å². The number of hydrogen-bond acceptors (Lipinski definition) is 4. The number of aliphatic hydroxyl groups is 1. The summed E-state index contributed by atoms with van der Waals surface area (Å²) in [5, 5.41) is 20.2. The van der Waals surface area contributed by atoms with Crippen LogP contribution in [0.2, 0.25) is 5.02 Å². The zero-order valence-corrected chi connectivity index (χ0v) is 16.8. The van der Waals surface area contributed by atoms with Crippen molar-refractivity contribution in [1.82, 2.24) is 4.90 Å². The number of nitrogens with zero attached hydrogens (tertiary/aromatic N) is 1. The van der Waals surface area contributed by atoms with Gasteiger partial charge in [-0.2, -0.15) is 0 Å². The molecule has 2 aromatic rings. The standard InChI is InChI=1S/C20H15BrClNO5/c21-13-5-1-11(2-6-13)17-16(18(26)12-3-7-14(22)8-4-12)19(27)20(28)23(17)10-9-15(24)25/h1-8,17,26H,9-10H2,(H,24,25)/b18-16-. The monoisotopic (exact) mass is 463 g/mol. The number of carbonyl (C=O) groups excluding carboxylic acids is 2. The van der Waals surface area contributed by atoms with Crippen LogP contribution in [0, 0.1) is 0 Å². The zero-order valence-electron chi connectivity index (χ0n) is 14.4. The summed E-state index contributed by atoms with van der Waals surface area (Å²) in [6, 6.07) is 12.2. The minimum atomic E-state index is -1.09. The second-order valence-electron chi connectivity index (χ2n) is 6.19. The number of benzene rings is 2. The van der Waals surface area contributed by atoms with Crippen molar-refractivity contribution < 1.29 is 24.6 Å². The first-order valence-electron chi connectivity index (χ1n) is 8.31. The Balaban J connectivity index is 2.14. The molecule has 2 N–H and O–H groups in total. The van der Waals surface area contributed by atoms with E-state index in [0.29, 0.717) is 16.1 Å². The predicted octanol–water partition coefficient (Wildman–Crippen LogP) is 4.00. The molecule has 0 radical (unpaired) electrons. The number of carbonyl (C=O) groups is 3. The van der Waals surface area contributed by atoms with Crippen molar-refractivity contribution in [2.24, 2.45) is 0 Å². The zero-order chi connectivity index (χ0) is 20.4. The van der Waals surface area contributed by atoms with Gasteiger partial charge in [0.1, 0.15) is 5.76 Å². The van der Waals surface area contributed by atoms with Gasteiger partial charge in [0.2, 0.25) is 0 Å². The molecular formula is C20H15BrClNO5. The van der Waals surface area contributed by atoms with Crippen LogP contribution in [0.25, 0.3) is 5.76 Å². The maximum absolute atomic E-state index is 12.7. The van der Waals surface area contributed by atoms with Crippen molar-refractivity contribution in [1.29, 1.82) is 0 Å². The lowest BCUT2D eigenvalue weighted by Gasteiger charge is -2.24. The van der Waals surface area contributed by atoms with Crippen LogP contribution < -0.4 is 0 Å². The van der Waals surface area contributed by atoms with Crippen molar-refractivity contribution in [3.8, 4) is 0 Å². The molecule has 1 aliphatic heterocycles. The van der Waals surface area contributed by atoms with Gasteiger partial charge in [-0.25, -0.2) is 0 Å². The predicted molar refractivity (Wildman–Crippen MR) is 107 cm³/mol. The van der Waals surface area contributed by atoms with E-state index in [2.05, 4.69) is 15.9 Å². The summed E-state index contributed by atoms with van der Waals surface area (Å²) in [5.41, 5.74) is 0.839. The van der Waals surface area contributed by atoms with Crippen molar-refractivity contribution in [2.75, 3.05) is 6.54 Å². The highest BCUT2D eigenvalue weighted by Gasteiger charge is 2.46. The van der Waals surface area contributed by atoms with Crippen molar-refractivity contribution in [3.05, 3.63) is 74.7 Å². The lowest BCUT2D eigenvalue weighted by molar-refractivity contribution is -0.142. The number of amides is 1. The SMILES string of the molecule is O=C(O)CCN1C(=O)C(=O)/C(=C(\O)c2ccc(Cl)cc2)C1c1ccc(Br)cc1. The molecule has 144 valence electrons. The van der Waals surface area contributed by atoms with Gasteiger partial charge in [0.25, 0.3) is 11.7 Å². The number of ketones is 1. The van der Waals surface area contributed by atoms with Crippen LogP contribution >= 0.6 is 27.5 Å². The van der Waals surface area contributed by atoms with Gasteiger partial charge >= 0.3 is 5.97 Å². The van der Waals surface area contributed by atoms with Crippen LogP contribution in [0.1, 0.15) is 23.6 Å². The van der Waals surface area contributed by atoms with Crippen LogP contribution in [0.3, 0.4) is 0 Å². The first-order valence-corrected chi connectivity index (χ1v) is 9.48. The minimum absolute atomic E-state index is 0.0833. The Morgan fingerprint density at radius 1 is 1.04 bits per heavy atom. The molecule has 1 atom stereocenters. The third-order valence-corrected chi connectivity index (χ3v) is 5.19. The number of likely N-dealkylation sites (tertiary alicyclic amines) is 1. The van der Waals surface area contributed by atoms with Gasteiger partial charge in [0.15, 0.2) is 0 Å². The Morgan fingerprint density at radius 3 is 2.21 bits per heavy atom. The molecule has 1 amide bonds. The molecule has 0 bridgehead atoms. The second-order valence-corrected chi connectivity index (χ2v) is 7.55. The van der Waals surface area contributed by atoms with Gasteiger partial charge in [-0.3, -0.25) is 14.4 Å². The smallest absolute Gasteiger partial charge is 0.305 e. The van der Waals surface area contributed by atoms with E-state index < -0.39 is 23.7 Å². The van der Waals surface area contributed by atoms with Crippen molar-refractivity contribution in [2.45, 2.75) is 12.5 Å². The number of halogens is 2. The molecule has 1 unspecified atom stereocenters. The van der Waals surface area contributed by atoms with Crippen LogP contribution in [0.4, 0.5) is 0 Å². The fraction of sp³-hybridized carbons (Fsp3) is 0.150. The van der Waals surface area contributed by atoms with E-state index in [9.17, 15) is 19.5 Å². The number of carboxylic acids is 1. The maximum atomic E-state index is 12.7. The first-order chi connectivity index (χ1) is 13.3. The molecule has 28 heavy (non-hydrogen) atoms. The Kier molecular flexibility index (Phi) is 5.86. The summed E-state index contributed by atoms with van der Waals surface area (Å²) in [6.07, 6.45) is -0.318. The quantitative estimate of drug-likeness (QED) is 0.396. The van der Waals surface area contributed by atoms with E-state index in [4.69, 9.17) is 16.7 Å². The van der Waals surface area contributed by atoms with Gasteiger partial charge in [0.05, 0.1) is 18.0 Å². The normalized spacial score (nSPS) is 18.5. The molecule has 6 nitrogen and oxygen atoms in total. The minimum Gasteiger partial charge on any atom is -0.507 e. The van der Waals surface area contributed by atoms with Crippen LogP contribution in [0.15, 0.2) is 58.6 Å². The van der Waals surface area contributed by atoms with E-state index in [0.717, 1.165) is 4.47 Å². The third-order valence-electron chi connectivity index (χ3n) is 4.41. The van der Waals surface area contributed by atoms with Crippen molar-refractivity contribution in [3.63, 3.8) is 0 Å². The highest BCUT2D eigenvalue weighted by molar-refractivity contribution is 9.10. The summed E-state index contributed by atoms with van der Waals surface area (Å²) in [4.78, 5) is 37.5. The van der Waals surface area contributed by atoms with Gasteiger partial charge in [-0.05, 0) is 42.0 Å². The Bertz CT molecular complexity index is 969. The summed E-state index contributed by atoms with van der Waals surface area (Å²) in [5.74, 6) is -3.12. The average Bonchev–Trinajstić information content (AvgIpc) is 2.91. The molecule has 1 aliphatic rings. The molecule has 8 heteroatoms. The average molecular weight is 465 g/mol. The van der Waals surface area contributed by atoms with Crippen LogP contribution in [-0.2, 0) is 14.4 Å². The van der Waals surface area contributed by atoms with E-state index in [1.165, 1.54) is 4.90 Å². The Morgan fingerprint density at radius 2 is 1.64 bits per heavy atom. The number of Topliss-reactive ketones (excluding diaryl/α,β-unsaturated/α-hetero) is 1. The van der Waals surface area contributed by atoms with Gasteiger partial charge in [-0.15, -0.1) is 0 Å². The summed E-state index contributed by atoms with van der Waals surface area (Å²) < 4.78 is 0.802. The molecule has 0 aromatic heterocycles. The number of hydrogen-bond donors (Lipinski definition) is 2. The molecule has 0 aliphatic carbocycles. The molecule has 3 rings (SSSR count). The summed E-state index contributed by atoms with van der Waals surface area (Å²) >= 11 is 9.21. The largest absolute Gasteiger partial charge is 0.507 e. The second kappa shape index (κ2) is 8.16. The van der Waals surface area contributed by atoms with E-state index >= 15 is 0 Å². The van der Waals surface area contributed by atoms with Crippen molar-refractivity contribution >= 4 is 50.9 Å². The molecule has 0 saturated carbocycles. The molecule has 0 spiro atoms. The third kappa shape index (κ3) is 3.95. The topological polar surface area (TPSA) is 94.9 Å². The number of carboxylic acid groups (broad SMARTS) is 1. The Labute approximate surface area is 174 Å².